The average Bonchev–Trinajstić information content (AvgIpc) is 2.34. The predicted octanol–water partition coefficient (Wildman–Crippen LogP) is 1.75. The van der Waals surface area contributed by atoms with Crippen LogP contribution in [0.3, 0.4) is 0 Å². The van der Waals surface area contributed by atoms with Gasteiger partial charge in [-0.25, -0.2) is 0 Å². The normalized spacial score (nSPS) is 18.5. The fraction of sp³-hybridized carbons (Fsp3) is 0.643. The molecule has 0 bridgehead atoms. The molecule has 1 aromatic heterocycles. The van der Waals surface area contributed by atoms with Crippen molar-refractivity contribution in [3.8, 4) is 0 Å². The van der Waals surface area contributed by atoms with E-state index in [1.165, 1.54) is 37.2 Å². The standard InChI is InChI=1S/C14H23N3/c1-12-4-7-16-11-13(12)3-2-8-17-9-5-14(15)6-10-17/h4,7,11,14H,2-3,5-6,8-10,15H2,1H3. The molecule has 2 heterocycles. The predicted molar refractivity (Wildman–Crippen MR) is 70.9 cm³/mol. The van der Waals surface area contributed by atoms with E-state index in [0.29, 0.717) is 6.04 Å². The lowest BCUT2D eigenvalue weighted by molar-refractivity contribution is 0.211. The summed E-state index contributed by atoms with van der Waals surface area (Å²) in [7, 11) is 0. The lowest BCUT2D eigenvalue weighted by Crippen LogP contribution is -2.40. The zero-order chi connectivity index (χ0) is 12.1. The zero-order valence-electron chi connectivity index (χ0n) is 10.7. The summed E-state index contributed by atoms with van der Waals surface area (Å²) in [6.07, 6.45) is 8.55. The second-order valence-electron chi connectivity index (χ2n) is 5.08. The highest BCUT2D eigenvalue weighted by atomic mass is 15.1. The van der Waals surface area contributed by atoms with Crippen molar-refractivity contribution in [2.45, 2.75) is 38.6 Å². The lowest BCUT2D eigenvalue weighted by Gasteiger charge is -2.29. The lowest BCUT2D eigenvalue weighted by atomic mass is 10.0. The van der Waals surface area contributed by atoms with Gasteiger partial charge in [0, 0.05) is 18.4 Å². The number of piperidine rings is 1. The van der Waals surface area contributed by atoms with Crippen LogP contribution in [0.4, 0.5) is 0 Å². The molecule has 3 heteroatoms. The quantitative estimate of drug-likeness (QED) is 0.861. The molecule has 1 saturated heterocycles. The summed E-state index contributed by atoms with van der Waals surface area (Å²) in [4.78, 5) is 6.73. The molecule has 17 heavy (non-hydrogen) atoms. The van der Waals surface area contributed by atoms with Gasteiger partial charge < -0.3 is 10.6 Å². The largest absolute Gasteiger partial charge is 0.328 e. The third kappa shape index (κ3) is 3.79. The Morgan fingerprint density at radius 2 is 2.18 bits per heavy atom. The zero-order valence-corrected chi connectivity index (χ0v) is 10.7. The summed E-state index contributed by atoms with van der Waals surface area (Å²) in [6, 6.07) is 2.53. The summed E-state index contributed by atoms with van der Waals surface area (Å²) in [5, 5.41) is 0. The molecule has 94 valence electrons. The highest BCUT2D eigenvalue weighted by molar-refractivity contribution is 5.21. The SMILES string of the molecule is Cc1ccncc1CCCN1CCC(N)CC1. The van der Waals surface area contributed by atoms with Gasteiger partial charge in [0.2, 0.25) is 0 Å². The molecule has 0 saturated carbocycles. The van der Waals surface area contributed by atoms with Crippen molar-refractivity contribution in [1.29, 1.82) is 0 Å². The monoisotopic (exact) mass is 233 g/mol. The van der Waals surface area contributed by atoms with Gasteiger partial charge in [0.05, 0.1) is 0 Å². The average molecular weight is 233 g/mol. The highest BCUT2D eigenvalue weighted by Gasteiger charge is 2.15. The minimum absolute atomic E-state index is 0.437. The maximum absolute atomic E-state index is 5.90. The molecule has 0 atom stereocenters. The minimum atomic E-state index is 0.437. The molecule has 1 aliphatic heterocycles. The van der Waals surface area contributed by atoms with Crippen LogP contribution in [0.15, 0.2) is 18.5 Å². The summed E-state index contributed by atoms with van der Waals surface area (Å²) < 4.78 is 0. The topological polar surface area (TPSA) is 42.2 Å². The number of aryl methyl sites for hydroxylation is 2. The van der Waals surface area contributed by atoms with Crippen LogP contribution in [0.1, 0.15) is 30.4 Å². The first kappa shape index (κ1) is 12.5. The summed E-state index contributed by atoms with van der Waals surface area (Å²) >= 11 is 0. The van der Waals surface area contributed by atoms with Crippen molar-refractivity contribution in [2.75, 3.05) is 19.6 Å². The molecule has 2 N–H and O–H groups in total. The van der Waals surface area contributed by atoms with Crippen LogP contribution >= 0.6 is 0 Å². The Labute approximate surface area is 104 Å². The maximum Gasteiger partial charge on any atom is 0.0302 e. The van der Waals surface area contributed by atoms with E-state index < -0.39 is 0 Å². The fourth-order valence-corrected chi connectivity index (χ4v) is 2.43. The van der Waals surface area contributed by atoms with Gasteiger partial charge in [0.15, 0.2) is 0 Å². The number of nitrogens with two attached hydrogens (primary N) is 1. The second-order valence-corrected chi connectivity index (χ2v) is 5.08. The first-order valence-electron chi connectivity index (χ1n) is 6.63. The Hall–Kier alpha value is -0.930. The van der Waals surface area contributed by atoms with Gasteiger partial charge in [0.1, 0.15) is 0 Å². The van der Waals surface area contributed by atoms with Gasteiger partial charge in [-0.05, 0) is 69.4 Å². The molecule has 0 unspecified atom stereocenters. The number of aromatic nitrogens is 1. The van der Waals surface area contributed by atoms with Crippen LogP contribution in [0.25, 0.3) is 0 Å². The molecule has 0 aliphatic carbocycles. The van der Waals surface area contributed by atoms with Crippen LogP contribution in [0.2, 0.25) is 0 Å². The van der Waals surface area contributed by atoms with Gasteiger partial charge in [-0.3, -0.25) is 4.98 Å². The number of nitrogens with zero attached hydrogens (tertiary/aromatic N) is 2. The Kier molecular flexibility index (Phi) is 4.51. The van der Waals surface area contributed by atoms with Gasteiger partial charge in [-0.2, -0.15) is 0 Å². The number of hydrogen-bond acceptors (Lipinski definition) is 3. The van der Waals surface area contributed by atoms with Crippen LogP contribution in [-0.4, -0.2) is 35.6 Å². The van der Waals surface area contributed by atoms with Crippen LogP contribution < -0.4 is 5.73 Å². The number of rotatable bonds is 4. The molecule has 1 aliphatic rings. The van der Waals surface area contributed by atoms with E-state index in [2.05, 4.69) is 22.9 Å². The smallest absolute Gasteiger partial charge is 0.0302 e. The van der Waals surface area contributed by atoms with E-state index in [1.54, 1.807) is 0 Å². The first-order chi connectivity index (χ1) is 8.25. The van der Waals surface area contributed by atoms with Crippen LogP contribution in [0, 0.1) is 6.92 Å². The molecule has 1 fully saturated rings. The molecule has 0 spiro atoms. The minimum Gasteiger partial charge on any atom is -0.328 e. The molecular formula is C14H23N3. The van der Waals surface area contributed by atoms with E-state index >= 15 is 0 Å². The fourth-order valence-electron chi connectivity index (χ4n) is 2.43. The Balaban J connectivity index is 1.71. The van der Waals surface area contributed by atoms with Crippen LogP contribution in [-0.2, 0) is 6.42 Å². The van der Waals surface area contributed by atoms with Gasteiger partial charge in [-0.15, -0.1) is 0 Å². The Morgan fingerprint density at radius 1 is 1.41 bits per heavy atom. The Morgan fingerprint density at radius 3 is 2.88 bits per heavy atom. The van der Waals surface area contributed by atoms with Crippen molar-refractivity contribution >= 4 is 0 Å². The number of pyridine rings is 1. The molecule has 3 nitrogen and oxygen atoms in total. The van der Waals surface area contributed by atoms with Crippen molar-refractivity contribution in [3.05, 3.63) is 29.6 Å². The van der Waals surface area contributed by atoms with E-state index in [4.69, 9.17) is 5.73 Å². The summed E-state index contributed by atoms with van der Waals surface area (Å²) in [5.74, 6) is 0. The van der Waals surface area contributed by atoms with Crippen molar-refractivity contribution in [2.24, 2.45) is 5.73 Å². The van der Waals surface area contributed by atoms with Gasteiger partial charge in [0.25, 0.3) is 0 Å². The second kappa shape index (κ2) is 6.12. The molecule has 0 radical (unpaired) electrons. The molecule has 0 amide bonds. The van der Waals surface area contributed by atoms with Gasteiger partial charge in [-0.1, -0.05) is 0 Å². The summed E-state index contributed by atoms with van der Waals surface area (Å²) in [6.45, 7) is 5.71. The number of hydrogen-bond donors (Lipinski definition) is 1. The first-order valence-corrected chi connectivity index (χ1v) is 6.63. The third-order valence-electron chi connectivity index (χ3n) is 3.70. The maximum atomic E-state index is 5.90. The summed E-state index contributed by atoms with van der Waals surface area (Å²) in [5.41, 5.74) is 8.65. The van der Waals surface area contributed by atoms with E-state index in [-0.39, 0.29) is 0 Å². The van der Waals surface area contributed by atoms with E-state index in [1.807, 2.05) is 12.4 Å². The number of likely N-dealkylation sites (tertiary alicyclic amines) is 1. The third-order valence-corrected chi connectivity index (χ3v) is 3.70. The van der Waals surface area contributed by atoms with Gasteiger partial charge >= 0.3 is 0 Å². The molecule has 0 aromatic carbocycles. The highest BCUT2D eigenvalue weighted by Crippen LogP contribution is 2.11. The Bertz CT molecular complexity index is 343. The van der Waals surface area contributed by atoms with E-state index in [9.17, 15) is 0 Å². The van der Waals surface area contributed by atoms with Crippen molar-refractivity contribution in [3.63, 3.8) is 0 Å². The van der Waals surface area contributed by atoms with E-state index in [0.717, 1.165) is 19.3 Å². The van der Waals surface area contributed by atoms with Crippen molar-refractivity contribution < 1.29 is 0 Å². The van der Waals surface area contributed by atoms with Crippen LogP contribution in [0.5, 0.6) is 0 Å². The molecule has 2 rings (SSSR count). The molecular weight excluding hydrogens is 210 g/mol. The van der Waals surface area contributed by atoms with Crippen molar-refractivity contribution in [1.82, 2.24) is 9.88 Å². The molecule has 1 aromatic rings.